The van der Waals surface area contributed by atoms with E-state index in [9.17, 15) is 4.39 Å². The summed E-state index contributed by atoms with van der Waals surface area (Å²) in [7, 11) is 0. The SMILES string of the molecule is CCCCCC1CCC2CC(C3CCc4cc(Cl)c(F)cc4C3)CCC2C1. The Labute approximate surface area is 170 Å². The summed E-state index contributed by atoms with van der Waals surface area (Å²) in [5, 5.41) is 0.295. The number of hydrogen-bond acceptors (Lipinski definition) is 0. The quantitative estimate of drug-likeness (QED) is 0.446. The molecule has 0 amide bonds. The van der Waals surface area contributed by atoms with Crippen molar-refractivity contribution in [2.45, 2.75) is 90.4 Å². The van der Waals surface area contributed by atoms with Crippen molar-refractivity contribution in [3.8, 4) is 0 Å². The van der Waals surface area contributed by atoms with Gasteiger partial charge >= 0.3 is 0 Å². The van der Waals surface area contributed by atoms with Gasteiger partial charge < -0.3 is 0 Å². The molecule has 1 aromatic rings. The molecule has 150 valence electrons. The van der Waals surface area contributed by atoms with E-state index >= 15 is 0 Å². The molecule has 0 saturated heterocycles. The van der Waals surface area contributed by atoms with Gasteiger partial charge in [-0.15, -0.1) is 0 Å². The number of halogens is 2. The first-order valence-corrected chi connectivity index (χ1v) is 12.0. The predicted octanol–water partition coefficient (Wildman–Crippen LogP) is 8.00. The zero-order valence-electron chi connectivity index (χ0n) is 17.0. The third-order valence-electron chi connectivity index (χ3n) is 8.15. The topological polar surface area (TPSA) is 0 Å². The van der Waals surface area contributed by atoms with Crippen LogP contribution in [0.4, 0.5) is 4.39 Å². The lowest BCUT2D eigenvalue weighted by molar-refractivity contribution is 0.0690. The normalized spacial score (nSPS) is 33.4. The van der Waals surface area contributed by atoms with Gasteiger partial charge in [0.25, 0.3) is 0 Å². The van der Waals surface area contributed by atoms with Gasteiger partial charge in [0.05, 0.1) is 5.02 Å². The van der Waals surface area contributed by atoms with Gasteiger partial charge in [-0.3, -0.25) is 0 Å². The number of rotatable bonds is 5. The molecule has 0 aromatic heterocycles. The smallest absolute Gasteiger partial charge is 0.142 e. The molecule has 2 heteroatoms. The maximum absolute atomic E-state index is 13.9. The Balaban J connectivity index is 1.32. The Morgan fingerprint density at radius 3 is 2.44 bits per heavy atom. The molecule has 0 bridgehead atoms. The van der Waals surface area contributed by atoms with E-state index in [0.29, 0.717) is 5.02 Å². The van der Waals surface area contributed by atoms with Crippen LogP contribution in [0, 0.1) is 35.4 Å². The molecule has 0 aliphatic heterocycles. The van der Waals surface area contributed by atoms with Gasteiger partial charge in [-0.25, -0.2) is 4.39 Å². The molecule has 0 N–H and O–H groups in total. The average molecular weight is 391 g/mol. The molecule has 2 fully saturated rings. The largest absolute Gasteiger partial charge is 0.205 e. The molecule has 1 aromatic carbocycles. The fraction of sp³-hybridized carbons (Fsp3) is 0.760. The molecule has 2 saturated carbocycles. The van der Waals surface area contributed by atoms with Crippen molar-refractivity contribution in [2.75, 3.05) is 0 Å². The highest BCUT2D eigenvalue weighted by Crippen LogP contribution is 2.49. The van der Waals surface area contributed by atoms with Crippen LogP contribution in [0.2, 0.25) is 5.02 Å². The van der Waals surface area contributed by atoms with Crippen LogP contribution in [0.25, 0.3) is 0 Å². The van der Waals surface area contributed by atoms with E-state index in [1.807, 2.05) is 6.07 Å². The summed E-state index contributed by atoms with van der Waals surface area (Å²) in [4.78, 5) is 0. The van der Waals surface area contributed by atoms with E-state index in [0.717, 1.165) is 42.4 Å². The van der Waals surface area contributed by atoms with Crippen molar-refractivity contribution in [3.63, 3.8) is 0 Å². The van der Waals surface area contributed by atoms with Crippen LogP contribution in [0.5, 0.6) is 0 Å². The minimum Gasteiger partial charge on any atom is -0.205 e. The Morgan fingerprint density at radius 1 is 0.889 bits per heavy atom. The molecule has 3 aliphatic rings. The molecular weight excluding hydrogens is 355 g/mol. The first-order chi connectivity index (χ1) is 13.1. The van der Waals surface area contributed by atoms with Crippen LogP contribution in [-0.4, -0.2) is 0 Å². The number of benzene rings is 1. The van der Waals surface area contributed by atoms with E-state index in [1.54, 1.807) is 6.07 Å². The summed E-state index contributed by atoms with van der Waals surface area (Å²) in [5.74, 6) is 4.41. The van der Waals surface area contributed by atoms with Crippen LogP contribution >= 0.6 is 11.6 Å². The number of hydrogen-bond donors (Lipinski definition) is 0. The summed E-state index contributed by atoms with van der Waals surface area (Å²) >= 11 is 5.98. The first-order valence-electron chi connectivity index (χ1n) is 11.6. The Hall–Kier alpha value is -0.560. The summed E-state index contributed by atoms with van der Waals surface area (Å²) in [6.45, 7) is 2.31. The van der Waals surface area contributed by atoms with Gasteiger partial charge in [0.15, 0.2) is 0 Å². The highest BCUT2D eigenvalue weighted by Gasteiger charge is 2.38. The summed E-state index contributed by atoms with van der Waals surface area (Å²) < 4.78 is 13.9. The maximum atomic E-state index is 13.9. The van der Waals surface area contributed by atoms with Crippen molar-refractivity contribution in [2.24, 2.45) is 29.6 Å². The highest BCUT2D eigenvalue weighted by atomic mass is 35.5. The minimum atomic E-state index is -0.235. The zero-order valence-corrected chi connectivity index (χ0v) is 17.7. The minimum absolute atomic E-state index is 0.235. The van der Waals surface area contributed by atoms with Gasteiger partial charge in [0.2, 0.25) is 0 Å². The third-order valence-corrected chi connectivity index (χ3v) is 8.44. The Morgan fingerprint density at radius 2 is 1.63 bits per heavy atom. The van der Waals surface area contributed by atoms with Crippen LogP contribution in [0.3, 0.4) is 0 Å². The molecule has 0 nitrogen and oxygen atoms in total. The fourth-order valence-electron chi connectivity index (χ4n) is 6.58. The van der Waals surface area contributed by atoms with E-state index < -0.39 is 0 Å². The van der Waals surface area contributed by atoms with Crippen molar-refractivity contribution in [1.29, 1.82) is 0 Å². The lowest BCUT2D eigenvalue weighted by atomic mass is 9.61. The van der Waals surface area contributed by atoms with E-state index in [4.69, 9.17) is 11.6 Å². The molecule has 0 heterocycles. The Bertz CT molecular complexity index is 639. The number of fused-ring (bicyclic) bond motifs is 2. The first kappa shape index (κ1) is 19.7. The average Bonchev–Trinajstić information content (AvgIpc) is 2.68. The number of aryl methyl sites for hydroxylation is 1. The van der Waals surface area contributed by atoms with Gasteiger partial charge in [-0.05, 0) is 104 Å². The second-order valence-electron chi connectivity index (χ2n) is 9.81. The maximum Gasteiger partial charge on any atom is 0.142 e. The molecule has 3 aliphatic carbocycles. The molecule has 27 heavy (non-hydrogen) atoms. The molecule has 0 spiro atoms. The van der Waals surface area contributed by atoms with Gasteiger partial charge in [-0.1, -0.05) is 50.6 Å². The molecule has 5 unspecified atom stereocenters. The van der Waals surface area contributed by atoms with Crippen LogP contribution in [-0.2, 0) is 12.8 Å². The van der Waals surface area contributed by atoms with Gasteiger partial charge in [-0.2, -0.15) is 0 Å². The van der Waals surface area contributed by atoms with Crippen molar-refractivity contribution in [1.82, 2.24) is 0 Å². The summed E-state index contributed by atoms with van der Waals surface area (Å²) in [5.41, 5.74) is 2.52. The molecular formula is C25H36ClF. The summed E-state index contributed by atoms with van der Waals surface area (Å²) in [6, 6.07) is 3.59. The van der Waals surface area contributed by atoms with E-state index in [2.05, 4.69) is 6.92 Å². The highest BCUT2D eigenvalue weighted by molar-refractivity contribution is 6.30. The predicted molar refractivity (Wildman–Crippen MR) is 113 cm³/mol. The molecule has 0 radical (unpaired) electrons. The number of unbranched alkanes of at least 4 members (excludes halogenated alkanes) is 2. The molecule has 5 atom stereocenters. The Kier molecular flexibility index (Phi) is 6.47. The van der Waals surface area contributed by atoms with Gasteiger partial charge in [0, 0.05) is 0 Å². The second kappa shape index (κ2) is 8.85. The van der Waals surface area contributed by atoms with Crippen LogP contribution < -0.4 is 0 Å². The third kappa shape index (κ3) is 4.55. The standard InChI is InChI=1S/C25H36ClF/c1-2-3-4-5-17-6-7-19-13-20(9-8-18(19)12-17)21-10-11-22-15-24(26)25(27)16-23(22)14-21/h15-21H,2-14H2,1H3. The lowest BCUT2D eigenvalue weighted by Gasteiger charge is -2.45. The van der Waals surface area contributed by atoms with Crippen molar-refractivity contribution < 1.29 is 4.39 Å². The molecule has 4 rings (SSSR count). The van der Waals surface area contributed by atoms with Gasteiger partial charge in [0.1, 0.15) is 5.82 Å². The van der Waals surface area contributed by atoms with E-state index in [-0.39, 0.29) is 5.82 Å². The lowest BCUT2D eigenvalue weighted by Crippen LogP contribution is -2.35. The van der Waals surface area contributed by atoms with Crippen molar-refractivity contribution in [3.05, 3.63) is 34.1 Å². The van der Waals surface area contributed by atoms with Crippen LogP contribution in [0.1, 0.15) is 88.7 Å². The monoisotopic (exact) mass is 390 g/mol. The summed E-state index contributed by atoms with van der Waals surface area (Å²) in [6.07, 6.45) is 17.9. The van der Waals surface area contributed by atoms with Crippen molar-refractivity contribution >= 4 is 11.6 Å². The second-order valence-corrected chi connectivity index (χ2v) is 10.2. The zero-order chi connectivity index (χ0) is 18.8. The van der Waals surface area contributed by atoms with Crippen LogP contribution in [0.15, 0.2) is 12.1 Å². The van der Waals surface area contributed by atoms with E-state index in [1.165, 1.54) is 81.8 Å². The fourth-order valence-corrected chi connectivity index (χ4v) is 6.76.